The van der Waals surface area contributed by atoms with Gasteiger partial charge in [-0.05, 0) is 88.3 Å². The van der Waals surface area contributed by atoms with Crippen LogP contribution in [0.4, 0.5) is 0 Å². The SMILES string of the molecule is CCc1cc(Cl)cn(C)c1=O.CNC(=O)C(CCC=O)n1c(=O)n(C)c2c(CCCOC3CCN(C(=O)c4cnc(OC)c(-c5nc6c(n5C(C)C)CNC6=O)c4)CC3)cccc21.Clc1ccccc1. The molecule has 4 aromatic heterocycles. The van der Waals surface area contributed by atoms with Gasteiger partial charge in [0.15, 0.2) is 5.69 Å². The number of hydrogen-bond acceptors (Lipinski definition) is 10. The number of hydrogen-bond donors (Lipinski definition) is 2. The molecule has 372 valence electrons. The number of likely N-dealkylation sites (N-methyl/N-ethyl adjacent to an activating group) is 1. The van der Waals surface area contributed by atoms with Crippen LogP contribution in [0.5, 0.6) is 5.88 Å². The second kappa shape index (κ2) is 24.3. The molecule has 0 spiro atoms. The van der Waals surface area contributed by atoms with Crippen molar-refractivity contribution in [1.29, 1.82) is 0 Å². The van der Waals surface area contributed by atoms with E-state index < -0.39 is 6.04 Å². The fourth-order valence-corrected chi connectivity index (χ4v) is 9.24. The number of para-hydroxylation sites is 1. The van der Waals surface area contributed by atoms with Gasteiger partial charge in [0.1, 0.15) is 18.2 Å². The van der Waals surface area contributed by atoms with E-state index in [1.54, 1.807) is 37.0 Å². The van der Waals surface area contributed by atoms with E-state index in [0.29, 0.717) is 84.6 Å². The van der Waals surface area contributed by atoms with Crippen LogP contribution in [0.1, 0.15) is 103 Å². The average Bonchev–Trinajstić information content (AvgIpc) is 4.01. The van der Waals surface area contributed by atoms with Crippen LogP contribution in [0, 0.1) is 0 Å². The number of aryl methyl sites for hydroxylation is 4. The number of aldehydes is 1. The first-order valence-electron chi connectivity index (χ1n) is 23.4. The lowest BCUT2D eigenvalue weighted by Crippen LogP contribution is -2.41. The Morgan fingerprint density at radius 1 is 0.971 bits per heavy atom. The minimum atomic E-state index is -0.787. The first kappa shape index (κ1) is 52.8. The zero-order valence-corrected chi connectivity index (χ0v) is 42.2. The fraction of sp³-hybridized carbons (Fsp3) is 0.412. The molecule has 0 bridgehead atoms. The lowest BCUT2D eigenvalue weighted by molar-refractivity contribution is -0.124. The lowest BCUT2D eigenvalue weighted by Gasteiger charge is -2.32. The van der Waals surface area contributed by atoms with E-state index in [9.17, 15) is 28.8 Å². The number of pyridine rings is 2. The van der Waals surface area contributed by atoms with Crippen molar-refractivity contribution in [3.05, 3.63) is 132 Å². The first-order chi connectivity index (χ1) is 33.6. The van der Waals surface area contributed by atoms with Gasteiger partial charge in [0.25, 0.3) is 17.4 Å². The number of aromatic nitrogens is 6. The van der Waals surface area contributed by atoms with Crippen LogP contribution in [-0.2, 0) is 47.8 Å². The van der Waals surface area contributed by atoms with Crippen molar-refractivity contribution in [1.82, 2.24) is 43.8 Å². The number of rotatable bonds is 15. The van der Waals surface area contributed by atoms with Gasteiger partial charge in [0, 0.05) is 76.3 Å². The number of imidazole rings is 2. The molecule has 17 nitrogen and oxygen atoms in total. The van der Waals surface area contributed by atoms with Crippen molar-refractivity contribution in [2.75, 3.05) is 33.9 Å². The summed E-state index contributed by atoms with van der Waals surface area (Å²) in [4.78, 5) is 85.3. The molecule has 6 aromatic rings. The van der Waals surface area contributed by atoms with Gasteiger partial charge in [-0.1, -0.05) is 60.5 Å². The second-order valence-electron chi connectivity index (χ2n) is 17.2. The molecule has 0 radical (unpaired) electrons. The van der Waals surface area contributed by atoms with E-state index in [4.69, 9.17) is 32.7 Å². The molecule has 70 heavy (non-hydrogen) atoms. The largest absolute Gasteiger partial charge is 0.480 e. The van der Waals surface area contributed by atoms with E-state index in [1.165, 1.54) is 29.5 Å². The standard InChI is InChI=1S/C37H46N8O7.C8H10ClNO.C6H5Cl/c1-22(2)44-29-21-39-34(48)30(29)41-32(44)26-19-24(20-40-35(26)51-5)36(49)43-15-13-25(14-16-43)52-18-8-10-23-9-6-11-27-31(23)42(4)37(50)45(27)28(12-7-17-46)33(47)38-3;1-3-6-4-7(9)5-10(2)8(6)11;7-6-4-2-1-3-5-6/h6,9,11,17,19-20,22,25,28H,7-8,10,12-16,18,21H2,1-5H3,(H,38,47)(H,39,48);4-5H,3H2,1-2H3;1-5H. The second-order valence-corrected chi connectivity index (χ2v) is 18.1. The van der Waals surface area contributed by atoms with Gasteiger partial charge in [0.2, 0.25) is 11.8 Å². The van der Waals surface area contributed by atoms with Crippen molar-refractivity contribution >= 4 is 58.2 Å². The molecule has 1 atom stereocenters. The number of halogens is 2. The first-order valence-corrected chi connectivity index (χ1v) is 24.1. The van der Waals surface area contributed by atoms with Crippen molar-refractivity contribution in [2.24, 2.45) is 14.1 Å². The Labute approximate surface area is 416 Å². The van der Waals surface area contributed by atoms with E-state index >= 15 is 0 Å². The predicted molar refractivity (Wildman–Crippen MR) is 270 cm³/mol. The van der Waals surface area contributed by atoms with Crippen LogP contribution in [-0.4, -0.2) is 97.1 Å². The number of nitrogens with zero attached hydrogens (tertiary/aromatic N) is 7. The molecule has 6 heterocycles. The predicted octanol–water partition coefficient (Wildman–Crippen LogP) is 6.89. The molecule has 1 saturated heterocycles. The third-order valence-corrected chi connectivity index (χ3v) is 12.8. The minimum absolute atomic E-state index is 0.00742. The molecule has 2 aliphatic heterocycles. The molecule has 0 saturated carbocycles. The summed E-state index contributed by atoms with van der Waals surface area (Å²) in [6.45, 7) is 7.94. The summed E-state index contributed by atoms with van der Waals surface area (Å²) in [6, 6.07) is 17.8. The third kappa shape index (κ3) is 12.1. The fourth-order valence-electron chi connectivity index (χ4n) is 8.82. The Balaban J connectivity index is 0.000000371. The number of methoxy groups -OCH3 is 1. The van der Waals surface area contributed by atoms with E-state index in [1.807, 2.05) is 78.8 Å². The van der Waals surface area contributed by atoms with Crippen LogP contribution in [0.25, 0.3) is 22.4 Å². The van der Waals surface area contributed by atoms with Gasteiger partial charge < -0.3 is 38.9 Å². The number of likely N-dealkylation sites (tertiary alicyclic amines) is 1. The zero-order chi connectivity index (χ0) is 50.6. The maximum Gasteiger partial charge on any atom is 0.329 e. The highest BCUT2D eigenvalue weighted by molar-refractivity contribution is 6.30. The highest BCUT2D eigenvalue weighted by Gasteiger charge is 2.32. The number of piperidine rings is 1. The zero-order valence-electron chi connectivity index (χ0n) is 40.7. The van der Waals surface area contributed by atoms with Gasteiger partial charge in [-0.15, -0.1) is 0 Å². The number of nitrogens with one attached hydrogen (secondary N) is 2. The molecular weight excluding hydrogens is 938 g/mol. The van der Waals surface area contributed by atoms with E-state index in [0.717, 1.165) is 46.5 Å². The number of carbonyl (C=O) groups is 4. The monoisotopic (exact) mass is 997 g/mol. The van der Waals surface area contributed by atoms with Crippen LogP contribution < -0.4 is 26.6 Å². The quantitative estimate of drug-likeness (QED) is 0.0809. The topological polar surface area (TPSA) is 194 Å². The summed E-state index contributed by atoms with van der Waals surface area (Å²) < 4.78 is 18.3. The number of benzene rings is 2. The molecule has 2 aliphatic rings. The highest BCUT2D eigenvalue weighted by atomic mass is 35.5. The molecule has 8 rings (SSSR count). The Kier molecular flexibility index (Phi) is 18.3. The molecule has 0 aliphatic carbocycles. The van der Waals surface area contributed by atoms with E-state index in [2.05, 4.69) is 20.6 Å². The van der Waals surface area contributed by atoms with Crippen LogP contribution >= 0.6 is 23.2 Å². The molecule has 2 aromatic carbocycles. The van der Waals surface area contributed by atoms with Crippen molar-refractivity contribution in [3.8, 4) is 17.3 Å². The van der Waals surface area contributed by atoms with Gasteiger partial charge in [0.05, 0.1) is 52.6 Å². The Bertz CT molecular complexity index is 2940. The van der Waals surface area contributed by atoms with E-state index in [-0.39, 0.29) is 54.0 Å². The van der Waals surface area contributed by atoms with Crippen LogP contribution in [0.15, 0.2) is 82.6 Å². The summed E-state index contributed by atoms with van der Waals surface area (Å²) in [6.07, 6.45) is 7.79. The Hall–Kier alpha value is -6.56. The van der Waals surface area contributed by atoms with Gasteiger partial charge in [-0.2, -0.15) is 0 Å². The number of ether oxygens (including phenoxy) is 2. The summed E-state index contributed by atoms with van der Waals surface area (Å²) in [5.41, 5.74) is 5.04. The maximum atomic E-state index is 13.7. The molecule has 1 fully saturated rings. The van der Waals surface area contributed by atoms with Crippen LogP contribution in [0.2, 0.25) is 10.0 Å². The van der Waals surface area contributed by atoms with Crippen molar-refractivity contribution in [2.45, 2.75) is 90.4 Å². The number of fused-ring (bicyclic) bond motifs is 2. The molecule has 3 amide bonds. The summed E-state index contributed by atoms with van der Waals surface area (Å²) in [7, 11) is 6.44. The Morgan fingerprint density at radius 2 is 1.70 bits per heavy atom. The average molecular weight is 999 g/mol. The lowest BCUT2D eigenvalue weighted by atomic mass is 10.1. The van der Waals surface area contributed by atoms with Crippen molar-refractivity contribution in [3.63, 3.8) is 0 Å². The molecular formula is C51H61Cl2N9O8. The molecule has 1 unspecified atom stereocenters. The number of carbonyl (C=O) groups excluding carboxylic acids is 4. The maximum absolute atomic E-state index is 13.7. The Morgan fingerprint density at radius 3 is 2.33 bits per heavy atom. The third-order valence-electron chi connectivity index (χ3n) is 12.3. The van der Waals surface area contributed by atoms with Crippen LogP contribution in [0.3, 0.4) is 0 Å². The van der Waals surface area contributed by atoms with Gasteiger partial charge >= 0.3 is 5.69 Å². The number of amides is 3. The molecule has 2 N–H and O–H groups in total. The summed E-state index contributed by atoms with van der Waals surface area (Å²) >= 11 is 11.3. The molecule has 19 heteroatoms. The smallest absolute Gasteiger partial charge is 0.329 e. The van der Waals surface area contributed by atoms with Gasteiger partial charge in [-0.3, -0.25) is 28.3 Å². The summed E-state index contributed by atoms with van der Waals surface area (Å²) in [5.74, 6) is 0.188. The normalized spacial score (nSPS) is 13.7. The summed E-state index contributed by atoms with van der Waals surface area (Å²) in [5, 5.41) is 6.85. The van der Waals surface area contributed by atoms with Crippen molar-refractivity contribution < 1.29 is 28.7 Å². The minimum Gasteiger partial charge on any atom is -0.480 e. The van der Waals surface area contributed by atoms with Gasteiger partial charge in [-0.25, -0.2) is 14.8 Å². The highest BCUT2D eigenvalue weighted by Crippen LogP contribution is 2.34.